The molecule has 1 amide bonds. The summed E-state index contributed by atoms with van der Waals surface area (Å²) in [4.78, 5) is 27.0. The van der Waals surface area contributed by atoms with E-state index in [2.05, 4.69) is 10.2 Å². The molecular weight excluding hydrogens is 420 g/mol. The molecule has 1 aliphatic rings. The van der Waals surface area contributed by atoms with E-state index in [1.807, 2.05) is 19.9 Å². The average molecular weight is 447 g/mol. The van der Waals surface area contributed by atoms with E-state index < -0.39 is 5.97 Å². The van der Waals surface area contributed by atoms with Crippen LogP contribution in [0.3, 0.4) is 0 Å². The zero-order valence-corrected chi connectivity index (χ0v) is 18.8. The van der Waals surface area contributed by atoms with Gasteiger partial charge in [-0.15, -0.1) is 0 Å². The number of hydrogen-bond donors (Lipinski definition) is 1. The molecule has 166 valence electrons. The number of hydrogen-bond acceptors (Lipinski definition) is 6. The first-order chi connectivity index (χ1) is 14.9. The van der Waals surface area contributed by atoms with Crippen LogP contribution in [0.15, 0.2) is 30.3 Å². The van der Waals surface area contributed by atoms with Crippen molar-refractivity contribution < 1.29 is 23.8 Å². The van der Waals surface area contributed by atoms with Gasteiger partial charge < -0.3 is 24.4 Å². The number of aryl methyl sites for hydroxylation is 2. The Kier molecular flexibility index (Phi) is 7.76. The molecule has 0 radical (unpaired) electrons. The number of carbonyl (C=O) groups excluding carboxylic acids is 2. The number of morpholine rings is 1. The molecule has 0 aliphatic carbocycles. The molecule has 1 aliphatic heterocycles. The predicted octanol–water partition coefficient (Wildman–Crippen LogP) is 3.99. The van der Waals surface area contributed by atoms with Crippen LogP contribution in [0.25, 0.3) is 0 Å². The minimum absolute atomic E-state index is 0.166. The highest BCUT2D eigenvalue weighted by Gasteiger charge is 2.21. The molecule has 0 aromatic heterocycles. The van der Waals surface area contributed by atoms with E-state index >= 15 is 0 Å². The van der Waals surface area contributed by atoms with Crippen LogP contribution in [0, 0.1) is 13.8 Å². The van der Waals surface area contributed by atoms with Crippen LogP contribution < -0.4 is 15.0 Å². The molecular formula is C23H27ClN2O5. The summed E-state index contributed by atoms with van der Waals surface area (Å²) < 4.78 is 16.2. The molecule has 0 bridgehead atoms. The number of benzene rings is 2. The minimum Gasteiger partial charge on any atom is -0.484 e. The van der Waals surface area contributed by atoms with Gasteiger partial charge in [-0.05, 0) is 62.2 Å². The maximum atomic E-state index is 12.5. The van der Waals surface area contributed by atoms with Gasteiger partial charge in [0.25, 0.3) is 5.91 Å². The van der Waals surface area contributed by atoms with Crippen molar-refractivity contribution in [1.82, 2.24) is 0 Å². The minimum atomic E-state index is -0.427. The molecule has 1 fully saturated rings. The van der Waals surface area contributed by atoms with Crippen LogP contribution >= 0.6 is 11.6 Å². The summed E-state index contributed by atoms with van der Waals surface area (Å²) in [6, 6.07) is 8.80. The van der Waals surface area contributed by atoms with E-state index in [0.29, 0.717) is 48.3 Å². The Bertz CT molecular complexity index is 934. The van der Waals surface area contributed by atoms with Gasteiger partial charge in [-0.25, -0.2) is 4.79 Å². The first kappa shape index (κ1) is 22.9. The summed E-state index contributed by atoms with van der Waals surface area (Å²) >= 11 is 6.17. The predicted molar refractivity (Wildman–Crippen MR) is 120 cm³/mol. The second-order valence-corrected chi connectivity index (χ2v) is 7.64. The fourth-order valence-electron chi connectivity index (χ4n) is 3.40. The molecule has 7 nitrogen and oxygen atoms in total. The normalized spacial score (nSPS) is 13.6. The molecule has 0 atom stereocenters. The number of nitrogens with one attached hydrogen (secondary N) is 1. The van der Waals surface area contributed by atoms with Crippen molar-refractivity contribution in [3.05, 3.63) is 52.0 Å². The highest BCUT2D eigenvalue weighted by molar-refractivity contribution is 6.32. The van der Waals surface area contributed by atoms with Gasteiger partial charge in [-0.1, -0.05) is 11.6 Å². The largest absolute Gasteiger partial charge is 0.484 e. The van der Waals surface area contributed by atoms with Crippen LogP contribution in [0.1, 0.15) is 28.4 Å². The maximum Gasteiger partial charge on any atom is 0.340 e. The average Bonchev–Trinajstić information content (AvgIpc) is 2.76. The first-order valence-electron chi connectivity index (χ1n) is 10.2. The zero-order chi connectivity index (χ0) is 22.4. The van der Waals surface area contributed by atoms with E-state index in [0.717, 1.165) is 16.8 Å². The number of nitrogens with zero attached hydrogens (tertiary/aromatic N) is 1. The van der Waals surface area contributed by atoms with Crippen LogP contribution in [0.2, 0.25) is 5.02 Å². The molecule has 0 unspecified atom stereocenters. The van der Waals surface area contributed by atoms with Crippen molar-refractivity contribution in [2.24, 2.45) is 0 Å². The van der Waals surface area contributed by atoms with Crippen LogP contribution in [0.4, 0.5) is 11.4 Å². The zero-order valence-electron chi connectivity index (χ0n) is 18.0. The second kappa shape index (κ2) is 10.5. The van der Waals surface area contributed by atoms with Gasteiger partial charge in [-0.3, -0.25) is 4.79 Å². The second-order valence-electron chi connectivity index (χ2n) is 7.26. The Hall–Kier alpha value is -2.77. The van der Waals surface area contributed by atoms with E-state index in [9.17, 15) is 9.59 Å². The Labute approximate surface area is 187 Å². The molecule has 0 spiro atoms. The van der Waals surface area contributed by atoms with Crippen LogP contribution in [-0.4, -0.2) is 51.4 Å². The van der Waals surface area contributed by atoms with Gasteiger partial charge in [-0.2, -0.15) is 0 Å². The van der Waals surface area contributed by atoms with E-state index in [1.54, 1.807) is 31.2 Å². The van der Waals surface area contributed by atoms with Crippen molar-refractivity contribution in [1.29, 1.82) is 0 Å². The molecule has 0 saturated carbocycles. The van der Waals surface area contributed by atoms with Crippen molar-refractivity contribution in [3.63, 3.8) is 0 Å². The van der Waals surface area contributed by atoms with Gasteiger partial charge in [0.1, 0.15) is 5.75 Å². The van der Waals surface area contributed by atoms with Crippen molar-refractivity contribution in [3.8, 4) is 5.75 Å². The smallest absolute Gasteiger partial charge is 0.340 e. The van der Waals surface area contributed by atoms with Crippen molar-refractivity contribution >= 4 is 34.9 Å². The van der Waals surface area contributed by atoms with Gasteiger partial charge in [0.05, 0.1) is 31.1 Å². The summed E-state index contributed by atoms with van der Waals surface area (Å²) in [5.74, 6) is -0.188. The fraction of sp³-hybridized carbons (Fsp3) is 0.391. The summed E-state index contributed by atoms with van der Waals surface area (Å²) in [5.41, 5.74) is 3.44. The third kappa shape index (κ3) is 5.89. The van der Waals surface area contributed by atoms with E-state index in [1.165, 1.54) is 0 Å². The summed E-state index contributed by atoms with van der Waals surface area (Å²) in [7, 11) is 0. The van der Waals surface area contributed by atoms with Gasteiger partial charge in [0.2, 0.25) is 0 Å². The van der Waals surface area contributed by atoms with E-state index in [4.69, 9.17) is 25.8 Å². The monoisotopic (exact) mass is 446 g/mol. The Balaban J connectivity index is 1.70. The number of amides is 1. The van der Waals surface area contributed by atoms with Crippen molar-refractivity contribution in [2.75, 3.05) is 49.7 Å². The van der Waals surface area contributed by atoms with E-state index in [-0.39, 0.29) is 19.1 Å². The van der Waals surface area contributed by atoms with Crippen LogP contribution in [0.5, 0.6) is 5.75 Å². The number of carbonyl (C=O) groups is 2. The topological polar surface area (TPSA) is 77.1 Å². The Morgan fingerprint density at radius 1 is 1.13 bits per heavy atom. The number of esters is 1. The van der Waals surface area contributed by atoms with Gasteiger partial charge >= 0.3 is 5.97 Å². The number of rotatable bonds is 7. The fourth-order valence-corrected chi connectivity index (χ4v) is 3.51. The lowest BCUT2D eigenvalue weighted by Crippen LogP contribution is -2.37. The van der Waals surface area contributed by atoms with Gasteiger partial charge in [0.15, 0.2) is 6.61 Å². The quantitative estimate of drug-likeness (QED) is 0.648. The maximum absolute atomic E-state index is 12.5. The lowest BCUT2D eigenvalue weighted by atomic mass is 10.1. The number of anilines is 2. The summed E-state index contributed by atoms with van der Waals surface area (Å²) in [5, 5.41) is 3.46. The Morgan fingerprint density at radius 3 is 2.45 bits per heavy atom. The number of halogens is 1. The molecule has 2 aromatic rings. The summed E-state index contributed by atoms with van der Waals surface area (Å²) in [6.45, 7) is 8.20. The highest BCUT2D eigenvalue weighted by atomic mass is 35.5. The standard InChI is InChI=1S/C23H27ClN2O5/c1-4-30-23(28)19-13-17(5-6-20(19)26-7-9-29-10-8-26)25-21(27)14-31-18-11-15(2)22(24)16(3)12-18/h5-6,11-13H,4,7-10,14H2,1-3H3,(H,25,27). The Morgan fingerprint density at radius 2 is 1.81 bits per heavy atom. The molecule has 3 rings (SSSR count). The SMILES string of the molecule is CCOC(=O)c1cc(NC(=O)COc2cc(C)c(Cl)c(C)c2)ccc1N1CCOCC1. The molecule has 2 aromatic carbocycles. The molecule has 1 saturated heterocycles. The third-order valence-corrected chi connectivity index (χ3v) is 5.50. The molecule has 1 N–H and O–H groups in total. The van der Waals surface area contributed by atoms with Gasteiger partial charge in [0, 0.05) is 23.8 Å². The molecule has 8 heteroatoms. The van der Waals surface area contributed by atoms with Crippen LogP contribution in [-0.2, 0) is 14.3 Å². The molecule has 1 heterocycles. The van der Waals surface area contributed by atoms with Crippen molar-refractivity contribution in [2.45, 2.75) is 20.8 Å². The third-order valence-electron chi connectivity index (χ3n) is 4.91. The first-order valence-corrected chi connectivity index (χ1v) is 10.6. The lowest BCUT2D eigenvalue weighted by molar-refractivity contribution is -0.118. The summed E-state index contributed by atoms with van der Waals surface area (Å²) in [6.07, 6.45) is 0. The lowest BCUT2D eigenvalue weighted by Gasteiger charge is -2.30. The highest BCUT2D eigenvalue weighted by Crippen LogP contribution is 2.27. The molecule has 31 heavy (non-hydrogen) atoms. The number of ether oxygens (including phenoxy) is 3.